The smallest absolute Gasteiger partial charge is 0.168 e. The first-order chi connectivity index (χ1) is 9.38. The van der Waals surface area contributed by atoms with Crippen LogP contribution in [0.2, 0.25) is 0 Å². The van der Waals surface area contributed by atoms with E-state index < -0.39 is 0 Å². The summed E-state index contributed by atoms with van der Waals surface area (Å²) in [5.41, 5.74) is 2.71. The Morgan fingerprint density at radius 3 is 2.60 bits per heavy atom. The van der Waals surface area contributed by atoms with Crippen LogP contribution >= 0.6 is 0 Å². The van der Waals surface area contributed by atoms with E-state index in [4.69, 9.17) is 4.74 Å². The van der Waals surface area contributed by atoms with Crippen LogP contribution in [0.1, 0.15) is 36.8 Å². The zero-order valence-electron chi connectivity index (χ0n) is 12.0. The summed E-state index contributed by atoms with van der Waals surface area (Å²) in [6.07, 6.45) is 2.32. The summed E-state index contributed by atoms with van der Waals surface area (Å²) in [4.78, 5) is 11.1. The number of carbonyl (C=O) groups is 1. The lowest BCUT2D eigenvalue weighted by molar-refractivity contribution is 0.112. The first-order valence-electron chi connectivity index (χ1n) is 6.29. The molecular formula is C15H18N2O3. The molecule has 0 atom stereocenters. The van der Waals surface area contributed by atoms with E-state index in [0.29, 0.717) is 6.29 Å². The molecule has 0 radical (unpaired) electrons. The van der Waals surface area contributed by atoms with Crippen molar-refractivity contribution < 1.29 is 14.6 Å². The third-order valence-corrected chi connectivity index (χ3v) is 3.15. The molecule has 0 saturated carbocycles. The third-order valence-electron chi connectivity index (χ3n) is 3.15. The standard InChI is InChI=1S/C15H18N2O3/c1-15(2,3)14-11(7-16-17-14)9-5-10(8-18)13(19)12(6-9)20-4/h5-8,19H,1-4H3,(H,16,17). The Labute approximate surface area is 117 Å². The maximum atomic E-state index is 11.1. The molecule has 0 amide bonds. The van der Waals surface area contributed by atoms with Gasteiger partial charge in [0.25, 0.3) is 0 Å². The van der Waals surface area contributed by atoms with Crippen molar-refractivity contribution in [2.24, 2.45) is 0 Å². The highest BCUT2D eigenvalue weighted by Gasteiger charge is 2.22. The number of phenols is 1. The molecule has 0 aliphatic rings. The van der Waals surface area contributed by atoms with Crippen LogP contribution in [0.25, 0.3) is 11.1 Å². The fourth-order valence-corrected chi connectivity index (χ4v) is 2.11. The number of hydrogen-bond acceptors (Lipinski definition) is 4. The number of H-pyrrole nitrogens is 1. The van der Waals surface area contributed by atoms with Gasteiger partial charge in [-0.2, -0.15) is 5.10 Å². The lowest BCUT2D eigenvalue weighted by atomic mass is 9.87. The van der Waals surface area contributed by atoms with Crippen molar-refractivity contribution in [2.45, 2.75) is 26.2 Å². The van der Waals surface area contributed by atoms with Gasteiger partial charge in [-0.25, -0.2) is 0 Å². The summed E-state index contributed by atoms with van der Waals surface area (Å²) >= 11 is 0. The molecule has 20 heavy (non-hydrogen) atoms. The molecule has 2 aromatic rings. The number of aromatic nitrogens is 2. The average Bonchev–Trinajstić information content (AvgIpc) is 2.88. The molecule has 106 valence electrons. The zero-order valence-corrected chi connectivity index (χ0v) is 12.0. The van der Waals surface area contributed by atoms with Gasteiger partial charge in [0.05, 0.1) is 18.9 Å². The summed E-state index contributed by atoms with van der Waals surface area (Å²) in [6, 6.07) is 3.33. The largest absolute Gasteiger partial charge is 0.504 e. The Morgan fingerprint density at radius 1 is 1.35 bits per heavy atom. The van der Waals surface area contributed by atoms with E-state index in [0.717, 1.165) is 16.8 Å². The van der Waals surface area contributed by atoms with E-state index in [1.807, 2.05) is 0 Å². The molecule has 1 aromatic heterocycles. The Morgan fingerprint density at radius 2 is 2.05 bits per heavy atom. The summed E-state index contributed by atoms with van der Waals surface area (Å²) < 4.78 is 5.11. The van der Waals surface area contributed by atoms with Gasteiger partial charge in [0.2, 0.25) is 0 Å². The normalized spacial score (nSPS) is 11.4. The number of rotatable bonds is 3. The minimum absolute atomic E-state index is 0.113. The van der Waals surface area contributed by atoms with Gasteiger partial charge in [0.15, 0.2) is 17.8 Å². The number of methoxy groups -OCH3 is 1. The van der Waals surface area contributed by atoms with E-state index in [1.165, 1.54) is 7.11 Å². The summed E-state index contributed by atoms with van der Waals surface area (Å²) in [7, 11) is 1.45. The van der Waals surface area contributed by atoms with E-state index in [2.05, 4.69) is 31.0 Å². The number of nitrogens with one attached hydrogen (secondary N) is 1. The number of aldehydes is 1. The lowest BCUT2D eigenvalue weighted by Crippen LogP contribution is -2.13. The first-order valence-corrected chi connectivity index (χ1v) is 6.29. The van der Waals surface area contributed by atoms with Crippen molar-refractivity contribution in [2.75, 3.05) is 7.11 Å². The number of benzene rings is 1. The molecule has 5 heteroatoms. The van der Waals surface area contributed by atoms with Crippen LogP contribution in [-0.2, 0) is 5.41 Å². The molecule has 0 aliphatic heterocycles. The highest BCUT2D eigenvalue weighted by atomic mass is 16.5. The first kappa shape index (κ1) is 14.1. The minimum atomic E-state index is -0.146. The topological polar surface area (TPSA) is 75.2 Å². The monoisotopic (exact) mass is 274 g/mol. The number of aromatic amines is 1. The molecule has 0 unspecified atom stereocenters. The molecule has 0 bridgehead atoms. The number of hydrogen-bond donors (Lipinski definition) is 2. The minimum Gasteiger partial charge on any atom is -0.504 e. The van der Waals surface area contributed by atoms with Gasteiger partial charge in [0.1, 0.15) is 0 Å². The zero-order chi connectivity index (χ0) is 14.9. The number of phenolic OH excluding ortho intramolecular Hbond substituents is 1. The molecule has 0 aliphatic carbocycles. The van der Waals surface area contributed by atoms with Crippen LogP contribution in [0.4, 0.5) is 0 Å². The quantitative estimate of drug-likeness (QED) is 0.844. The lowest BCUT2D eigenvalue weighted by Gasteiger charge is -2.19. The van der Waals surface area contributed by atoms with Gasteiger partial charge in [0, 0.05) is 16.7 Å². The van der Waals surface area contributed by atoms with Crippen LogP contribution < -0.4 is 4.74 Å². The van der Waals surface area contributed by atoms with Gasteiger partial charge in [-0.05, 0) is 17.7 Å². The average molecular weight is 274 g/mol. The van der Waals surface area contributed by atoms with Crippen molar-refractivity contribution in [3.05, 3.63) is 29.6 Å². The maximum absolute atomic E-state index is 11.1. The van der Waals surface area contributed by atoms with Gasteiger partial charge in [-0.3, -0.25) is 9.89 Å². The van der Waals surface area contributed by atoms with E-state index >= 15 is 0 Å². The second-order valence-electron chi connectivity index (χ2n) is 5.64. The number of nitrogens with zero attached hydrogens (tertiary/aromatic N) is 1. The van der Waals surface area contributed by atoms with Crippen molar-refractivity contribution in [1.29, 1.82) is 0 Å². The summed E-state index contributed by atoms with van der Waals surface area (Å²) in [5, 5.41) is 16.9. The Kier molecular flexibility index (Phi) is 3.53. The van der Waals surface area contributed by atoms with Crippen LogP contribution in [0.3, 0.4) is 0 Å². The van der Waals surface area contributed by atoms with Gasteiger partial charge in [-0.15, -0.1) is 0 Å². The second kappa shape index (κ2) is 5.00. The molecule has 0 saturated heterocycles. The van der Waals surface area contributed by atoms with Crippen molar-refractivity contribution >= 4 is 6.29 Å². The number of carbonyl (C=O) groups excluding carboxylic acids is 1. The molecule has 1 heterocycles. The fraction of sp³-hybridized carbons (Fsp3) is 0.333. The maximum Gasteiger partial charge on any atom is 0.168 e. The van der Waals surface area contributed by atoms with Crippen LogP contribution in [0, 0.1) is 0 Å². The molecule has 0 spiro atoms. The third kappa shape index (κ3) is 2.39. The highest BCUT2D eigenvalue weighted by molar-refractivity contribution is 5.85. The predicted molar refractivity (Wildman–Crippen MR) is 76.3 cm³/mol. The van der Waals surface area contributed by atoms with Crippen molar-refractivity contribution in [1.82, 2.24) is 10.2 Å². The highest BCUT2D eigenvalue weighted by Crippen LogP contribution is 2.37. The molecule has 1 aromatic carbocycles. The second-order valence-corrected chi connectivity index (χ2v) is 5.64. The van der Waals surface area contributed by atoms with Crippen molar-refractivity contribution in [3.8, 4) is 22.6 Å². The number of ether oxygens (including phenoxy) is 1. The Hall–Kier alpha value is -2.30. The van der Waals surface area contributed by atoms with E-state index in [-0.39, 0.29) is 22.5 Å². The van der Waals surface area contributed by atoms with Crippen LogP contribution in [0.15, 0.2) is 18.3 Å². The van der Waals surface area contributed by atoms with E-state index in [1.54, 1.807) is 18.3 Å². The predicted octanol–water partition coefficient (Wildman–Crippen LogP) is 2.90. The van der Waals surface area contributed by atoms with Gasteiger partial charge < -0.3 is 9.84 Å². The van der Waals surface area contributed by atoms with Gasteiger partial charge >= 0.3 is 0 Å². The molecule has 2 rings (SSSR count). The molecule has 2 N–H and O–H groups in total. The summed E-state index contributed by atoms with van der Waals surface area (Å²) in [5.74, 6) is 0.123. The molecule has 0 fully saturated rings. The van der Waals surface area contributed by atoms with Crippen molar-refractivity contribution in [3.63, 3.8) is 0 Å². The summed E-state index contributed by atoms with van der Waals surface area (Å²) in [6.45, 7) is 6.22. The Bertz CT molecular complexity index is 639. The van der Waals surface area contributed by atoms with Crippen LogP contribution in [0.5, 0.6) is 11.5 Å². The number of aromatic hydroxyl groups is 1. The molecule has 5 nitrogen and oxygen atoms in total. The Balaban J connectivity index is 2.65. The SMILES string of the molecule is COc1cc(-c2cn[nH]c2C(C)(C)C)cc(C=O)c1O. The van der Waals surface area contributed by atoms with Crippen LogP contribution in [-0.4, -0.2) is 28.7 Å². The van der Waals surface area contributed by atoms with Gasteiger partial charge in [-0.1, -0.05) is 20.8 Å². The molecular weight excluding hydrogens is 256 g/mol. The van der Waals surface area contributed by atoms with E-state index in [9.17, 15) is 9.90 Å². The fourth-order valence-electron chi connectivity index (χ4n) is 2.11.